The summed E-state index contributed by atoms with van der Waals surface area (Å²) in [5.74, 6) is 0. The lowest BCUT2D eigenvalue weighted by Crippen LogP contribution is -2.43. The van der Waals surface area contributed by atoms with Gasteiger partial charge in [0, 0.05) is 32.3 Å². The third-order valence-electron chi connectivity index (χ3n) is 3.98. The summed E-state index contributed by atoms with van der Waals surface area (Å²) in [5.41, 5.74) is 0.488. The molecule has 0 aromatic heterocycles. The van der Waals surface area contributed by atoms with Crippen LogP contribution in [0.4, 0.5) is 0 Å². The lowest BCUT2D eigenvalue weighted by atomic mass is 9.82. The Morgan fingerprint density at radius 3 is 2.88 bits per heavy atom. The minimum atomic E-state index is 0.488. The first kappa shape index (κ1) is 12.3. The second-order valence-electron chi connectivity index (χ2n) is 5.87. The molecule has 2 fully saturated rings. The highest BCUT2D eigenvalue weighted by atomic mass is 16.5. The molecule has 0 spiro atoms. The topological polar surface area (TPSA) is 24.5 Å². The van der Waals surface area contributed by atoms with E-state index in [2.05, 4.69) is 24.1 Å². The fourth-order valence-corrected chi connectivity index (χ4v) is 2.90. The molecule has 2 heterocycles. The minimum absolute atomic E-state index is 0.488. The predicted molar refractivity (Wildman–Crippen MR) is 66.7 cm³/mol. The first-order valence-corrected chi connectivity index (χ1v) is 6.71. The van der Waals surface area contributed by atoms with E-state index in [1.807, 2.05) is 0 Å². The van der Waals surface area contributed by atoms with Crippen molar-refractivity contribution in [3.63, 3.8) is 0 Å². The van der Waals surface area contributed by atoms with Crippen molar-refractivity contribution in [3.05, 3.63) is 0 Å². The van der Waals surface area contributed by atoms with Gasteiger partial charge in [-0.3, -0.25) is 0 Å². The Morgan fingerprint density at radius 1 is 1.38 bits per heavy atom. The van der Waals surface area contributed by atoms with E-state index < -0.39 is 0 Å². The molecule has 0 bridgehead atoms. The van der Waals surface area contributed by atoms with Crippen LogP contribution in [-0.4, -0.2) is 50.3 Å². The molecule has 0 aliphatic carbocycles. The molecule has 2 aliphatic rings. The van der Waals surface area contributed by atoms with Crippen molar-refractivity contribution in [2.45, 2.75) is 39.2 Å². The van der Waals surface area contributed by atoms with Gasteiger partial charge in [-0.05, 0) is 44.7 Å². The molecule has 0 radical (unpaired) electrons. The van der Waals surface area contributed by atoms with Crippen LogP contribution < -0.4 is 5.32 Å². The van der Waals surface area contributed by atoms with Gasteiger partial charge in [-0.1, -0.05) is 6.92 Å². The maximum Gasteiger partial charge on any atom is 0.0471 e. The standard InChI is InChI=1S/C13H26N2O/c1-12-10-15(7-3-6-14-12)11-13(2)4-8-16-9-5-13/h12,14H,3-11H2,1-2H3. The molecule has 16 heavy (non-hydrogen) atoms. The Kier molecular flexibility index (Phi) is 4.22. The zero-order chi connectivity index (χ0) is 11.4. The van der Waals surface area contributed by atoms with E-state index in [0.717, 1.165) is 13.2 Å². The molecular formula is C13H26N2O. The van der Waals surface area contributed by atoms with Crippen molar-refractivity contribution in [1.29, 1.82) is 0 Å². The molecule has 2 saturated heterocycles. The van der Waals surface area contributed by atoms with Crippen molar-refractivity contribution in [1.82, 2.24) is 10.2 Å². The summed E-state index contributed by atoms with van der Waals surface area (Å²) in [6.07, 6.45) is 3.74. The highest BCUT2D eigenvalue weighted by Gasteiger charge is 2.30. The SMILES string of the molecule is CC1CN(CC2(C)CCOCC2)CCCN1. The highest BCUT2D eigenvalue weighted by molar-refractivity contribution is 4.83. The maximum absolute atomic E-state index is 5.47. The number of nitrogens with zero attached hydrogens (tertiary/aromatic N) is 1. The third-order valence-corrected chi connectivity index (χ3v) is 3.98. The van der Waals surface area contributed by atoms with Gasteiger partial charge in [-0.2, -0.15) is 0 Å². The number of ether oxygens (including phenoxy) is 1. The zero-order valence-electron chi connectivity index (χ0n) is 10.8. The average molecular weight is 226 g/mol. The number of hydrogen-bond acceptors (Lipinski definition) is 3. The second kappa shape index (κ2) is 5.48. The zero-order valence-corrected chi connectivity index (χ0v) is 10.8. The molecule has 94 valence electrons. The van der Waals surface area contributed by atoms with Crippen LogP contribution in [0.5, 0.6) is 0 Å². The van der Waals surface area contributed by atoms with E-state index in [1.54, 1.807) is 0 Å². The molecular weight excluding hydrogens is 200 g/mol. The van der Waals surface area contributed by atoms with Crippen molar-refractivity contribution in [2.75, 3.05) is 39.4 Å². The van der Waals surface area contributed by atoms with E-state index in [0.29, 0.717) is 11.5 Å². The number of rotatable bonds is 2. The fourth-order valence-electron chi connectivity index (χ4n) is 2.90. The van der Waals surface area contributed by atoms with Crippen LogP contribution in [0.3, 0.4) is 0 Å². The van der Waals surface area contributed by atoms with Crippen molar-refractivity contribution < 1.29 is 4.74 Å². The van der Waals surface area contributed by atoms with Crippen LogP contribution in [-0.2, 0) is 4.74 Å². The Morgan fingerprint density at radius 2 is 2.12 bits per heavy atom. The maximum atomic E-state index is 5.47. The molecule has 3 nitrogen and oxygen atoms in total. The molecule has 0 aromatic rings. The molecule has 1 atom stereocenters. The van der Waals surface area contributed by atoms with Crippen LogP contribution in [0.1, 0.15) is 33.1 Å². The van der Waals surface area contributed by atoms with E-state index in [1.165, 1.54) is 45.4 Å². The van der Waals surface area contributed by atoms with Crippen molar-refractivity contribution in [3.8, 4) is 0 Å². The Bertz CT molecular complexity index is 214. The van der Waals surface area contributed by atoms with Gasteiger partial charge in [0.25, 0.3) is 0 Å². The van der Waals surface area contributed by atoms with Gasteiger partial charge in [0.1, 0.15) is 0 Å². The Hall–Kier alpha value is -0.120. The first-order valence-electron chi connectivity index (χ1n) is 6.71. The van der Waals surface area contributed by atoms with Gasteiger partial charge in [-0.15, -0.1) is 0 Å². The van der Waals surface area contributed by atoms with E-state index in [9.17, 15) is 0 Å². The predicted octanol–water partition coefficient (Wildman–Crippen LogP) is 1.49. The minimum Gasteiger partial charge on any atom is -0.381 e. The summed E-state index contributed by atoms with van der Waals surface area (Å²) in [5, 5.41) is 3.56. The molecule has 3 heteroatoms. The van der Waals surface area contributed by atoms with Gasteiger partial charge < -0.3 is 15.0 Å². The van der Waals surface area contributed by atoms with Crippen molar-refractivity contribution >= 4 is 0 Å². The lowest BCUT2D eigenvalue weighted by molar-refractivity contribution is 0.00506. The van der Waals surface area contributed by atoms with Gasteiger partial charge in [0.05, 0.1) is 0 Å². The monoisotopic (exact) mass is 226 g/mol. The summed E-state index contributed by atoms with van der Waals surface area (Å²) in [6.45, 7) is 11.5. The van der Waals surface area contributed by atoms with Gasteiger partial charge >= 0.3 is 0 Å². The molecule has 0 amide bonds. The van der Waals surface area contributed by atoms with Crippen LogP contribution in [0, 0.1) is 5.41 Å². The van der Waals surface area contributed by atoms with Crippen LogP contribution in [0.25, 0.3) is 0 Å². The summed E-state index contributed by atoms with van der Waals surface area (Å²) >= 11 is 0. The molecule has 1 N–H and O–H groups in total. The van der Waals surface area contributed by atoms with Crippen molar-refractivity contribution in [2.24, 2.45) is 5.41 Å². The fraction of sp³-hybridized carbons (Fsp3) is 1.00. The van der Waals surface area contributed by atoms with E-state index in [4.69, 9.17) is 4.74 Å². The molecule has 0 saturated carbocycles. The summed E-state index contributed by atoms with van der Waals surface area (Å²) < 4.78 is 5.47. The molecule has 1 unspecified atom stereocenters. The van der Waals surface area contributed by atoms with Crippen LogP contribution in [0.2, 0.25) is 0 Å². The summed E-state index contributed by atoms with van der Waals surface area (Å²) in [4.78, 5) is 2.65. The first-order chi connectivity index (χ1) is 7.68. The Labute approximate surface area is 99.5 Å². The normalized spacial score (nSPS) is 32.2. The largest absolute Gasteiger partial charge is 0.381 e. The Balaban J connectivity index is 1.86. The van der Waals surface area contributed by atoms with E-state index in [-0.39, 0.29) is 0 Å². The highest BCUT2D eigenvalue weighted by Crippen LogP contribution is 2.30. The molecule has 0 aromatic carbocycles. The molecule has 2 rings (SSSR count). The third kappa shape index (κ3) is 3.44. The number of hydrogen-bond donors (Lipinski definition) is 1. The lowest BCUT2D eigenvalue weighted by Gasteiger charge is -2.38. The van der Waals surface area contributed by atoms with Crippen LogP contribution in [0.15, 0.2) is 0 Å². The van der Waals surface area contributed by atoms with Crippen LogP contribution >= 0.6 is 0 Å². The second-order valence-corrected chi connectivity index (χ2v) is 5.87. The van der Waals surface area contributed by atoms with E-state index >= 15 is 0 Å². The van der Waals surface area contributed by atoms with Gasteiger partial charge in [0.2, 0.25) is 0 Å². The summed E-state index contributed by atoms with van der Waals surface area (Å²) in [6, 6.07) is 0.644. The van der Waals surface area contributed by atoms with Gasteiger partial charge in [-0.25, -0.2) is 0 Å². The smallest absolute Gasteiger partial charge is 0.0471 e. The summed E-state index contributed by atoms with van der Waals surface area (Å²) in [7, 11) is 0. The molecule has 2 aliphatic heterocycles. The average Bonchev–Trinajstić information content (AvgIpc) is 2.43. The quantitative estimate of drug-likeness (QED) is 0.772. The number of nitrogens with one attached hydrogen (secondary N) is 1. The van der Waals surface area contributed by atoms with Gasteiger partial charge in [0.15, 0.2) is 0 Å².